The van der Waals surface area contributed by atoms with E-state index in [1.54, 1.807) is 6.20 Å². The molecule has 0 unspecified atom stereocenters. The quantitative estimate of drug-likeness (QED) is 0.710. The van der Waals surface area contributed by atoms with E-state index in [4.69, 9.17) is 4.74 Å². The fraction of sp³-hybridized carbons (Fsp3) is 0.111. The highest BCUT2D eigenvalue weighted by Gasteiger charge is 2.03. The van der Waals surface area contributed by atoms with Gasteiger partial charge in [0.1, 0.15) is 12.4 Å². The van der Waals surface area contributed by atoms with Crippen molar-refractivity contribution in [1.82, 2.24) is 10.3 Å². The minimum absolute atomic E-state index is 0.279. The summed E-state index contributed by atoms with van der Waals surface area (Å²) in [6.07, 6.45) is 1.64. The van der Waals surface area contributed by atoms with Gasteiger partial charge in [0.15, 0.2) is 0 Å². The summed E-state index contributed by atoms with van der Waals surface area (Å²) in [5.74, 6) is 0.786. The third kappa shape index (κ3) is 4.20. The van der Waals surface area contributed by atoms with Crippen LogP contribution in [0.5, 0.6) is 5.75 Å². The number of rotatable bonds is 5. The Morgan fingerprint density at radius 2 is 1.83 bits per heavy atom. The van der Waals surface area contributed by atoms with Gasteiger partial charge < -0.3 is 15.4 Å². The van der Waals surface area contributed by atoms with Gasteiger partial charge in [-0.3, -0.25) is 4.98 Å². The molecule has 3 rings (SSSR count). The summed E-state index contributed by atoms with van der Waals surface area (Å²) in [5.41, 5.74) is 1.56. The molecule has 1 aromatic heterocycles. The van der Waals surface area contributed by atoms with Gasteiger partial charge in [-0.1, -0.05) is 36.4 Å². The number of hydrogen-bond acceptors (Lipinski definition) is 3. The molecule has 0 fully saturated rings. The van der Waals surface area contributed by atoms with Gasteiger partial charge in [-0.2, -0.15) is 0 Å². The zero-order chi connectivity index (χ0) is 15.9. The fourth-order valence-corrected chi connectivity index (χ4v) is 2.16. The Morgan fingerprint density at radius 1 is 1.04 bits per heavy atom. The number of benzene rings is 2. The van der Waals surface area contributed by atoms with Crippen LogP contribution in [0.25, 0.3) is 10.9 Å². The van der Waals surface area contributed by atoms with Gasteiger partial charge >= 0.3 is 6.03 Å². The molecule has 23 heavy (non-hydrogen) atoms. The van der Waals surface area contributed by atoms with E-state index in [-0.39, 0.29) is 6.03 Å². The van der Waals surface area contributed by atoms with Crippen LogP contribution in [-0.2, 0) is 0 Å². The Balaban J connectivity index is 1.46. The first-order chi connectivity index (χ1) is 11.3. The monoisotopic (exact) mass is 307 g/mol. The number of urea groups is 1. The van der Waals surface area contributed by atoms with Gasteiger partial charge in [-0.15, -0.1) is 0 Å². The number of nitrogens with zero attached hydrogens (tertiary/aromatic N) is 1. The number of pyridine rings is 1. The van der Waals surface area contributed by atoms with Crippen LogP contribution in [0.3, 0.4) is 0 Å². The second kappa shape index (κ2) is 7.26. The van der Waals surface area contributed by atoms with Crippen LogP contribution in [-0.4, -0.2) is 24.2 Å². The minimum Gasteiger partial charge on any atom is -0.492 e. The first-order valence-corrected chi connectivity index (χ1v) is 7.39. The predicted molar refractivity (Wildman–Crippen MR) is 90.7 cm³/mol. The van der Waals surface area contributed by atoms with Crippen LogP contribution in [0.4, 0.5) is 10.5 Å². The van der Waals surface area contributed by atoms with Crippen molar-refractivity contribution in [3.63, 3.8) is 0 Å². The molecule has 0 spiro atoms. The minimum atomic E-state index is -0.279. The van der Waals surface area contributed by atoms with Gasteiger partial charge in [0, 0.05) is 5.39 Å². The van der Waals surface area contributed by atoms with E-state index in [1.807, 2.05) is 60.7 Å². The van der Waals surface area contributed by atoms with Crippen molar-refractivity contribution < 1.29 is 9.53 Å². The number of hydrogen-bond donors (Lipinski definition) is 2. The van der Waals surface area contributed by atoms with Crippen molar-refractivity contribution in [2.24, 2.45) is 0 Å². The standard InChI is InChI=1S/C18H17N3O2/c22-18(19-10-11-23-16-7-2-1-3-8-16)21-15-12-14-6-4-5-9-17(14)20-13-15/h1-9,12-13H,10-11H2,(H2,19,21,22). The summed E-state index contributed by atoms with van der Waals surface area (Å²) in [4.78, 5) is 16.2. The van der Waals surface area contributed by atoms with Gasteiger partial charge in [-0.25, -0.2) is 4.79 Å². The van der Waals surface area contributed by atoms with Crippen molar-refractivity contribution in [1.29, 1.82) is 0 Å². The van der Waals surface area contributed by atoms with Crippen LogP contribution in [0, 0.1) is 0 Å². The van der Waals surface area contributed by atoms with Crippen molar-refractivity contribution in [3.05, 3.63) is 66.9 Å². The molecule has 0 atom stereocenters. The normalized spacial score (nSPS) is 10.3. The summed E-state index contributed by atoms with van der Waals surface area (Å²) in [6, 6.07) is 18.9. The Morgan fingerprint density at radius 3 is 2.70 bits per heavy atom. The number of amides is 2. The maximum atomic E-state index is 11.9. The van der Waals surface area contributed by atoms with Crippen molar-refractivity contribution in [3.8, 4) is 5.75 Å². The number of nitrogens with one attached hydrogen (secondary N) is 2. The van der Waals surface area contributed by atoms with Gasteiger partial charge in [0.2, 0.25) is 0 Å². The molecule has 0 radical (unpaired) electrons. The number of anilines is 1. The summed E-state index contributed by atoms with van der Waals surface area (Å²) < 4.78 is 5.51. The van der Waals surface area contributed by atoms with Crippen LogP contribution < -0.4 is 15.4 Å². The van der Waals surface area contributed by atoms with E-state index in [2.05, 4.69) is 15.6 Å². The van der Waals surface area contributed by atoms with E-state index < -0.39 is 0 Å². The first-order valence-electron chi connectivity index (χ1n) is 7.39. The van der Waals surface area contributed by atoms with Crippen LogP contribution in [0.15, 0.2) is 66.9 Å². The second-order valence-corrected chi connectivity index (χ2v) is 4.96. The predicted octanol–water partition coefficient (Wildman–Crippen LogP) is 3.44. The van der Waals surface area contributed by atoms with E-state index in [1.165, 1.54) is 0 Å². The highest BCUT2D eigenvalue weighted by atomic mass is 16.5. The summed E-state index contributed by atoms with van der Waals surface area (Å²) in [7, 11) is 0. The number of carbonyl (C=O) groups is 1. The van der Waals surface area contributed by atoms with Gasteiger partial charge in [0.05, 0.1) is 23.9 Å². The lowest BCUT2D eigenvalue weighted by molar-refractivity contribution is 0.247. The lowest BCUT2D eigenvalue weighted by Crippen LogP contribution is -2.32. The molecule has 2 aromatic carbocycles. The second-order valence-electron chi connectivity index (χ2n) is 4.96. The first kappa shape index (κ1) is 14.8. The highest BCUT2D eigenvalue weighted by Crippen LogP contribution is 2.15. The van der Waals surface area contributed by atoms with E-state index in [0.717, 1.165) is 16.7 Å². The third-order valence-corrected chi connectivity index (χ3v) is 3.25. The van der Waals surface area contributed by atoms with E-state index in [9.17, 15) is 4.79 Å². The summed E-state index contributed by atoms with van der Waals surface area (Å²) >= 11 is 0. The summed E-state index contributed by atoms with van der Waals surface area (Å²) in [5, 5.41) is 6.50. The van der Waals surface area contributed by atoms with E-state index in [0.29, 0.717) is 18.8 Å². The van der Waals surface area contributed by atoms with Crippen molar-refractivity contribution in [2.45, 2.75) is 0 Å². The molecule has 0 aliphatic rings. The molecular weight excluding hydrogens is 290 g/mol. The number of para-hydroxylation sites is 2. The molecule has 5 heteroatoms. The fourth-order valence-electron chi connectivity index (χ4n) is 2.16. The number of carbonyl (C=O) groups excluding carboxylic acids is 1. The molecule has 5 nitrogen and oxygen atoms in total. The van der Waals surface area contributed by atoms with Gasteiger partial charge in [0.25, 0.3) is 0 Å². The highest BCUT2D eigenvalue weighted by molar-refractivity contribution is 5.91. The maximum absolute atomic E-state index is 11.9. The zero-order valence-corrected chi connectivity index (χ0v) is 12.5. The van der Waals surface area contributed by atoms with Gasteiger partial charge in [-0.05, 0) is 24.3 Å². The Kier molecular flexibility index (Phi) is 4.69. The molecule has 116 valence electrons. The SMILES string of the molecule is O=C(NCCOc1ccccc1)Nc1cnc2ccccc2c1. The van der Waals surface area contributed by atoms with Crippen molar-refractivity contribution >= 4 is 22.6 Å². The lowest BCUT2D eigenvalue weighted by Gasteiger charge is -2.09. The van der Waals surface area contributed by atoms with Crippen LogP contribution >= 0.6 is 0 Å². The molecule has 2 N–H and O–H groups in total. The molecule has 0 aliphatic carbocycles. The van der Waals surface area contributed by atoms with Crippen LogP contribution in [0.2, 0.25) is 0 Å². The molecule has 0 bridgehead atoms. The Hall–Kier alpha value is -3.08. The molecule has 1 heterocycles. The molecule has 0 saturated carbocycles. The molecular formula is C18H17N3O2. The number of aromatic nitrogens is 1. The smallest absolute Gasteiger partial charge is 0.319 e. The summed E-state index contributed by atoms with van der Waals surface area (Å²) in [6.45, 7) is 0.829. The maximum Gasteiger partial charge on any atom is 0.319 e. The van der Waals surface area contributed by atoms with E-state index >= 15 is 0 Å². The molecule has 0 aliphatic heterocycles. The molecule has 3 aromatic rings. The average molecular weight is 307 g/mol. The third-order valence-electron chi connectivity index (χ3n) is 3.25. The number of ether oxygens (including phenoxy) is 1. The van der Waals surface area contributed by atoms with Crippen molar-refractivity contribution in [2.75, 3.05) is 18.5 Å². The average Bonchev–Trinajstić information content (AvgIpc) is 2.59. The topological polar surface area (TPSA) is 63.2 Å². The molecule has 0 saturated heterocycles. The largest absolute Gasteiger partial charge is 0.492 e. The Labute approximate surface area is 134 Å². The van der Waals surface area contributed by atoms with Crippen LogP contribution in [0.1, 0.15) is 0 Å². The molecule has 2 amide bonds. The lowest BCUT2D eigenvalue weighted by atomic mass is 10.2. The zero-order valence-electron chi connectivity index (χ0n) is 12.5. The Bertz CT molecular complexity index is 790. The number of fused-ring (bicyclic) bond motifs is 1.